The Morgan fingerprint density at radius 3 is 2.45 bits per heavy atom. The zero-order valence-electron chi connectivity index (χ0n) is 21.3. The highest BCUT2D eigenvalue weighted by Crippen LogP contribution is 2.37. The molecule has 7 heteroatoms. The van der Waals surface area contributed by atoms with Crippen LogP contribution < -0.4 is 9.47 Å². The molecule has 0 saturated heterocycles. The van der Waals surface area contributed by atoms with E-state index in [1.807, 2.05) is 49.4 Å². The molecule has 1 heterocycles. The van der Waals surface area contributed by atoms with Crippen molar-refractivity contribution in [2.24, 2.45) is 0 Å². The number of carbonyl (C=O) groups is 1. The van der Waals surface area contributed by atoms with Gasteiger partial charge in [-0.1, -0.05) is 30.2 Å². The summed E-state index contributed by atoms with van der Waals surface area (Å²) in [6.07, 6.45) is -0.940. The van der Waals surface area contributed by atoms with E-state index in [0.717, 1.165) is 33.2 Å². The molecule has 6 nitrogen and oxygen atoms in total. The fourth-order valence-corrected chi connectivity index (χ4v) is 5.15. The van der Waals surface area contributed by atoms with E-state index in [9.17, 15) is 9.90 Å². The first-order chi connectivity index (χ1) is 18.4. The predicted octanol–water partition coefficient (Wildman–Crippen LogP) is 5.77. The van der Waals surface area contributed by atoms with Crippen molar-refractivity contribution in [3.05, 3.63) is 82.7 Å². The summed E-state index contributed by atoms with van der Waals surface area (Å²) in [5.41, 5.74) is 5.19. The number of ether oxygens (including phenoxy) is 2. The highest BCUT2D eigenvalue weighted by molar-refractivity contribution is 7.17. The van der Waals surface area contributed by atoms with Crippen LogP contribution in [-0.2, 0) is 11.4 Å². The molecule has 3 N–H and O–H groups in total. The normalized spacial score (nSPS) is 12.4. The molecule has 0 radical (unpaired) electrons. The number of benzene rings is 3. The molecule has 0 aliphatic rings. The average Bonchev–Trinajstić information content (AvgIpc) is 3.33. The van der Waals surface area contributed by atoms with E-state index in [-0.39, 0.29) is 25.6 Å². The maximum Gasteiger partial charge on any atom is 0.304 e. The summed E-state index contributed by atoms with van der Waals surface area (Å²) in [5, 5.41) is 31.0. The van der Waals surface area contributed by atoms with Crippen LogP contribution in [0.25, 0.3) is 21.2 Å². The van der Waals surface area contributed by atoms with Gasteiger partial charge >= 0.3 is 5.97 Å². The van der Waals surface area contributed by atoms with Crippen molar-refractivity contribution in [1.29, 1.82) is 0 Å². The number of rotatable bonds is 11. The van der Waals surface area contributed by atoms with Gasteiger partial charge in [-0.25, -0.2) is 0 Å². The smallest absolute Gasteiger partial charge is 0.304 e. The van der Waals surface area contributed by atoms with Crippen LogP contribution in [-0.4, -0.2) is 40.6 Å². The van der Waals surface area contributed by atoms with Crippen molar-refractivity contribution in [1.82, 2.24) is 0 Å². The second-order valence-electron chi connectivity index (χ2n) is 9.01. The van der Waals surface area contributed by atoms with E-state index >= 15 is 0 Å². The molecule has 4 rings (SSSR count). The lowest BCUT2D eigenvalue weighted by atomic mass is 9.96. The first kappa shape index (κ1) is 27.2. The van der Waals surface area contributed by atoms with Gasteiger partial charge in [0.25, 0.3) is 0 Å². The summed E-state index contributed by atoms with van der Waals surface area (Å²) in [6.45, 7) is 3.84. The monoisotopic (exact) mass is 530 g/mol. The van der Waals surface area contributed by atoms with Gasteiger partial charge in [0.15, 0.2) is 0 Å². The molecule has 196 valence electrons. The average molecular weight is 531 g/mol. The Morgan fingerprint density at radius 2 is 1.76 bits per heavy atom. The van der Waals surface area contributed by atoms with Crippen LogP contribution in [0.1, 0.15) is 36.0 Å². The third-order valence-corrected chi connectivity index (χ3v) is 7.13. The number of aliphatic hydroxyl groups excluding tert-OH is 2. The Morgan fingerprint density at radius 1 is 1.00 bits per heavy atom. The van der Waals surface area contributed by atoms with Crippen molar-refractivity contribution in [3.63, 3.8) is 0 Å². The molecule has 4 aromatic rings. The maximum atomic E-state index is 11.2. The molecule has 0 aliphatic carbocycles. The van der Waals surface area contributed by atoms with Crippen LogP contribution in [0.2, 0.25) is 0 Å². The zero-order chi connectivity index (χ0) is 27.1. The molecule has 1 aromatic heterocycles. The van der Waals surface area contributed by atoms with E-state index in [4.69, 9.17) is 19.7 Å². The van der Waals surface area contributed by atoms with Crippen molar-refractivity contribution < 1.29 is 29.6 Å². The number of fused-ring (bicyclic) bond motifs is 1. The minimum absolute atomic E-state index is 0.0356. The summed E-state index contributed by atoms with van der Waals surface area (Å²) in [6, 6.07) is 19.6. The number of hydrogen-bond acceptors (Lipinski definition) is 6. The second kappa shape index (κ2) is 12.6. The number of carboxylic acid groups (broad SMARTS) is 1. The summed E-state index contributed by atoms with van der Waals surface area (Å²) in [4.78, 5) is 11.2. The molecule has 0 spiro atoms. The van der Waals surface area contributed by atoms with Gasteiger partial charge in [-0.3, -0.25) is 4.79 Å². The van der Waals surface area contributed by atoms with Crippen molar-refractivity contribution in [3.8, 4) is 34.5 Å². The van der Waals surface area contributed by atoms with Crippen LogP contribution in [0.3, 0.4) is 0 Å². The van der Waals surface area contributed by atoms with Gasteiger partial charge in [-0.2, -0.15) is 0 Å². The lowest BCUT2D eigenvalue weighted by molar-refractivity contribution is -0.137. The van der Waals surface area contributed by atoms with E-state index < -0.39 is 12.1 Å². The van der Waals surface area contributed by atoms with Crippen LogP contribution >= 0.6 is 11.3 Å². The van der Waals surface area contributed by atoms with Crippen molar-refractivity contribution >= 4 is 27.4 Å². The van der Waals surface area contributed by atoms with Crippen LogP contribution in [0.5, 0.6) is 11.5 Å². The van der Waals surface area contributed by atoms with Gasteiger partial charge < -0.3 is 24.8 Å². The molecular weight excluding hydrogens is 500 g/mol. The molecule has 3 aromatic carbocycles. The molecule has 0 aliphatic heterocycles. The van der Waals surface area contributed by atoms with Gasteiger partial charge in [0, 0.05) is 15.6 Å². The second-order valence-corrected chi connectivity index (χ2v) is 9.92. The molecule has 0 saturated carbocycles. The third kappa shape index (κ3) is 6.73. The number of aliphatic carboxylic acids is 1. The predicted molar refractivity (Wildman–Crippen MR) is 150 cm³/mol. The van der Waals surface area contributed by atoms with Crippen molar-refractivity contribution in [2.45, 2.75) is 38.9 Å². The Labute approximate surface area is 226 Å². The molecule has 38 heavy (non-hydrogen) atoms. The highest BCUT2D eigenvalue weighted by atomic mass is 32.1. The van der Waals surface area contributed by atoms with Crippen LogP contribution in [0.15, 0.2) is 66.0 Å². The number of aliphatic hydroxyl groups is 2. The minimum Gasteiger partial charge on any atom is -0.491 e. The lowest BCUT2D eigenvalue weighted by Gasteiger charge is -2.13. The number of hydrogen-bond donors (Lipinski definition) is 3. The summed E-state index contributed by atoms with van der Waals surface area (Å²) < 4.78 is 12.8. The maximum absolute atomic E-state index is 11.2. The molecule has 0 fully saturated rings. The molecule has 2 atom stereocenters. The van der Waals surface area contributed by atoms with Gasteiger partial charge in [-0.15, -0.1) is 17.3 Å². The summed E-state index contributed by atoms with van der Waals surface area (Å²) in [7, 11) is 0. The largest absolute Gasteiger partial charge is 0.491 e. The van der Waals surface area contributed by atoms with E-state index in [1.165, 1.54) is 4.70 Å². The Hall–Kier alpha value is -3.83. The van der Waals surface area contributed by atoms with Gasteiger partial charge in [0.1, 0.15) is 30.8 Å². The number of carboxylic acids is 1. The molecular formula is C31H30O6S. The topological polar surface area (TPSA) is 96.2 Å². The van der Waals surface area contributed by atoms with Crippen LogP contribution in [0, 0.1) is 18.8 Å². The molecule has 1 unspecified atom stereocenters. The third-order valence-electron chi connectivity index (χ3n) is 6.16. The van der Waals surface area contributed by atoms with E-state index in [2.05, 4.69) is 35.4 Å². The van der Waals surface area contributed by atoms with Gasteiger partial charge in [0.2, 0.25) is 0 Å². The summed E-state index contributed by atoms with van der Waals surface area (Å²) in [5.74, 6) is 5.91. The van der Waals surface area contributed by atoms with E-state index in [0.29, 0.717) is 18.1 Å². The fourth-order valence-electron chi connectivity index (χ4n) is 4.21. The minimum atomic E-state index is -0.904. The van der Waals surface area contributed by atoms with Crippen LogP contribution in [0.4, 0.5) is 0 Å². The zero-order valence-corrected chi connectivity index (χ0v) is 22.1. The Bertz CT molecular complexity index is 1460. The lowest BCUT2D eigenvalue weighted by Crippen LogP contribution is -2.21. The Kier molecular flexibility index (Phi) is 9.03. The van der Waals surface area contributed by atoms with E-state index in [1.54, 1.807) is 18.3 Å². The fraction of sp³-hybridized carbons (Fsp3) is 0.258. The molecule has 0 amide bonds. The highest BCUT2D eigenvalue weighted by Gasteiger charge is 2.14. The molecule has 0 bridgehead atoms. The first-order valence-electron chi connectivity index (χ1n) is 12.3. The Balaban J connectivity index is 1.48. The number of aryl methyl sites for hydroxylation is 1. The quantitative estimate of drug-likeness (QED) is 0.213. The van der Waals surface area contributed by atoms with Gasteiger partial charge in [-0.05, 0) is 77.9 Å². The van der Waals surface area contributed by atoms with Gasteiger partial charge in [0.05, 0.1) is 18.9 Å². The van der Waals surface area contributed by atoms with Crippen molar-refractivity contribution in [2.75, 3.05) is 13.2 Å². The number of thiophene rings is 1. The first-order valence-corrected chi connectivity index (χ1v) is 13.2. The SMILES string of the molecule is CC#C[C@@H](CC(=O)O)c1ccc(OCc2ccc3scc(-c4ccc(OCC(O)CO)cc4C)c3c2)cc1. The standard InChI is InChI=1S/C31H30O6S/c1-3-4-23(15-31(34)35)22-6-8-25(9-7-22)36-17-21-5-12-30-28(14-21)29(19-38-30)27-11-10-26(13-20(27)2)37-18-24(33)16-32/h5-14,19,23-24,32-33H,15-18H2,1-2H3,(H,34,35)/t23-,24?/m0/s1. The summed E-state index contributed by atoms with van der Waals surface area (Å²) >= 11 is 1.69.